The molecule has 0 bridgehead atoms. The van der Waals surface area contributed by atoms with Gasteiger partial charge in [-0.25, -0.2) is 15.0 Å². The van der Waals surface area contributed by atoms with E-state index in [4.69, 9.17) is 10.7 Å². The van der Waals surface area contributed by atoms with Crippen LogP contribution in [0.4, 0.5) is 11.6 Å². The van der Waals surface area contributed by atoms with Crippen LogP contribution in [0.1, 0.15) is 48.3 Å². The summed E-state index contributed by atoms with van der Waals surface area (Å²) in [6.07, 6.45) is 7.65. The fourth-order valence-corrected chi connectivity index (χ4v) is 5.33. The maximum absolute atomic E-state index is 13.0. The molecule has 4 heterocycles. The summed E-state index contributed by atoms with van der Waals surface area (Å²) in [6.45, 7) is 3.31. The summed E-state index contributed by atoms with van der Waals surface area (Å²) in [5.74, 6) is 1.75. The van der Waals surface area contributed by atoms with Crippen LogP contribution in [0.15, 0.2) is 73.2 Å². The number of anilines is 2. The van der Waals surface area contributed by atoms with Crippen LogP contribution >= 0.6 is 0 Å². The number of hydrogen-bond donors (Lipinski definition) is 2. The second-order valence-corrected chi connectivity index (χ2v) is 9.83. The van der Waals surface area contributed by atoms with E-state index >= 15 is 0 Å². The van der Waals surface area contributed by atoms with E-state index in [2.05, 4.69) is 15.3 Å². The molecule has 1 atom stereocenters. The fourth-order valence-electron chi connectivity index (χ4n) is 5.33. The van der Waals surface area contributed by atoms with Gasteiger partial charge in [0.15, 0.2) is 0 Å². The van der Waals surface area contributed by atoms with Gasteiger partial charge in [0.1, 0.15) is 28.7 Å². The summed E-state index contributed by atoms with van der Waals surface area (Å²) in [5, 5.41) is 4.90. The maximum atomic E-state index is 13.0. The number of amides is 2. The van der Waals surface area contributed by atoms with Crippen molar-refractivity contribution in [3.63, 3.8) is 0 Å². The molecule has 9 nitrogen and oxygen atoms in total. The molecule has 2 aromatic carbocycles. The lowest BCUT2D eigenvalue weighted by Crippen LogP contribution is -2.39. The number of hydrogen-bond acceptors (Lipinski definition) is 6. The highest BCUT2D eigenvalue weighted by Gasteiger charge is 2.28. The summed E-state index contributed by atoms with van der Waals surface area (Å²) < 4.78 is 1.99. The van der Waals surface area contributed by atoms with E-state index < -0.39 is 0 Å². The Hall–Kier alpha value is -4.79. The summed E-state index contributed by atoms with van der Waals surface area (Å²) in [6, 6.07) is 17.0. The van der Waals surface area contributed by atoms with Crippen LogP contribution in [0.5, 0.6) is 0 Å². The Bertz CT molecular complexity index is 1690. The number of benzene rings is 2. The van der Waals surface area contributed by atoms with E-state index in [1.54, 1.807) is 24.5 Å². The first kappa shape index (κ1) is 24.5. The molecular weight excluding hydrogens is 490 g/mol. The highest BCUT2D eigenvalue weighted by atomic mass is 16.2. The molecule has 6 rings (SSSR count). The summed E-state index contributed by atoms with van der Waals surface area (Å²) >= 11 is 0. The molecule has 0 saturated carbocycles. The molecule has 1 fully saturated rings. The van der Waals surface area contributed by atoms with Crippen molar-refractivity contribution in [2.45, 2.75) is 32.1 Å². The lowest BCUT2D eigenvalue weighted by molar-refractivity contribution is -0.132. The number of fused-ring (bicyclic) bond motifs is 2. The van der Waals surface area contributed by atoms with E-state index in [0.29, 0.717) is 35.9 Å². The van der Waals surface area contributed by atoms with Crippen molar-refractivity contribution in [2.75, 3.05) is 24.1 Å². The predicted molar refractivity (Wildman–Crippen MR) is 151 cm³/mol. The smallest absolute Gasteiger partial charge is 0.256 e. The molecule has 196 valence electrons. The largest absolute Gasteiger partial charge is 0.382 e. The normalized spacial score (nSPS) is 15.5. The first-order valence-corrected chi connectivity index (χ1v) is 13.2. The Morgan fingerprint density at radius 1 is 1.08 bits per heavy atom. The SMILES string of the molecule is CCC(=O)N1CCCC(c2nc(-c3ccc(C(=O)Nc4cc5ccccc5cn4)cc3)c3c(N)nccn23)C1. The van der Waals surface area contributed by atoms with Gasteiger partial charge in [0.25, 0.3) is 5.91 Å². The second-order valence-electron chi connectivity index (χ2n) is 9.83. The average Bonchev–Trinajstić information content (AvgIpc) is 3.38. The molecule has 3 aromatic heterocycles. The van der Waals surface area contributed by atoms with E-state index in [1.165, 1.54) is 0 Å². The van der Waals surface area contributed by atoms with Crippen LogP contribution in [0, 0.1) is 0 Å². The molecule has 1 aliphatic heterocycles. The number of nitrogen functional groups attached to an aromatic ring is 1. The van der Waals surface area contributed by atoms with Crippen molar-refractivity contribution in [3.05, 3.63) is 84.6 Å². The third kappa shape index (κ3) is 4.67. The number of rotatable bonds is 5. The molecule has 5 aromatic rings. The van der Waals surface area contributed by atoms with Gasteiger partial charge in [-0.1, -0.05) is 43.3 Å². The van der Waals surface area contributed by atoms with Gasteiger partial charge in [-0.2, -0.15) is 0 Å². The first-order valence-electron chi connectivity index (χ1n) is 13.2. The zero-order valence-electron chi connectivity index (χ0n) is 21.7. The first-order chi connectivity index (χ1) is 19.0. The number of pyridine rings is 1. The highest BCUT2D eigenvalue weighted by Crippen LogP contribution is 2.34. The van der Waals surface area contributed by atoms with Crippen molar-refractivity contribution < 1.29 is 9.59 Å². The number of nitrogens with zero attached hydrogens (tertiary/aromatic N) is 5. The van der Waals surface area contributed by atoms with E-state index in [9.17, 15) is 9.59 Å². The maximum Gasteiger partial charge on any atom is 0.256 e. The van der Waals surface area contributed by atoms with Gasteiger partial charge < -0.3 is 16.0 Å². The molecular formula is C30H29N7O2. The fraction of sp³-hybridized carbons (Fsp3) is 0.233. The number of nitrogens with two attached hydrogens (primary N) is 1. The molecule has 39 heavy (non-hydrogen) atoms. The minimum Gasteiger partial charge on any atom is -0.382 e. The van der Waals surface area contributed by atoms with E-state index in [-0.39, 0.29) is 17.7 Å². The van der Waals surface area contributed by atoms with Crippen LogP contribution in [0.3, 0.4) is 0 Å². The lowest BCUT2D eigenvalue weighted by atomic mass is 9.97. The van der Waals surface area contributed by atoms with Gasteiger partial charge in [0, 0.05) is 60.5 Å². The summed E-state index contributed by atoms with van der Waals surface area (Å²) in [5.41, 5.74) is 9.10. The number of aromatic nitrogens is 4. The molecule has 9 heteroatoms. The number of likely N-dealkylation sites (tertiary alicyclic amines) is 1. The minimum atomic E-state index is -0.246. The molecule has 1 saturated heterocycles. The topological polar surface area (TPSA) is 119 Å². The Morgan fingerprint density at radius 2 is 1.87 bits per heavy atom. The van der Waals surface area contributed by atoms with Crippen LogP contribution in [-0.2, 0) is 4.79 Å². The van der Waals surface area contributed by atoms with Crippen LogP contribution in [0.25, 0.3) is 27.5 Å². The summed E-state index contributed by atoms with van der Waals surface area (Å²) in [7, 11) is 0. The Morgan fingerprint density at radius 3 is 2.67 bits per heavy atom. The minimum absolute atomic E-state index is 0.0943. The predicted octanol–water partition coefficient (Wildman–Crippen LogP) is 4.90. The van der Waals surface area contributed by atoms with Crippen LogP contribution < -0.4 is 11.1 Å². The average molecular weight is 520 g/mol. The van der Waals surface area contributed by atoms with E-state index in [1.807, 2.05) is 64.9 Å². The quantitative estimate of drug-likeness (QED) is 0.341. The van der Waals surface area contributed by atoms with Crippen molar-refractivity contribution in [1.82, 2.24) is 24.3 Å². The Kier molecular flexibility index (Phi) is 6.40. The summed E-state index contributed by atoms with van der Waals surface area (Å²) in [4.78, 5) is 41.0. The van der Waals surface area contributed by atoms with Crippen LogP contribution in [-0.4, -0.2) is 49.2 Å². The number of carbonyl (C=O) groups excluding carboxylic acids is 2. The van der Waals surface area contributed by atoms with Gasteiger partial charge in [0.05, 0.1) is 0 Å². The van der Waals surface area contributed by atoms with Crippen molar-refractivity contribution >= 4 is 39.7 Å². The van der Waals surface area contributed by atoms with Gasteiger partial charge >= 0.3 is 0 Å². The van der Waals surface area contributed by atoms with Gasteiger partial charge in [-0.15, -0.1) is 0 Å². The Labute approximate surface area is 225 Å². The molecule has 2 amide bonds. The van der Waals surface area contributed by atoms with Crippen molar-refractivity contribution in [2.24, 2.45) is 0 Å². The monoisotopic (exact) mass is 519 g/mol. The second kappa shape index (κ2) is 10.2. The lowest BCUT2D eigenvalue weighted by Gasteiger charge is -2.32. The molecule has 0 aliphatic carbocycles. The molecule has 1 aliphatic rings. The van der Waals surface area contributed by atoms with Gasteiger partial charge in [-0.3, -0.25) is 14.0 Å². The van der Waals surface area contributed by atoms with Crippen molar-refractivity contribution in [1.29, 1.82) is 0 Å². The number of imidazole rings is 1. The zero-order chi connectivity index (χ0) is 26.9. The van der Waals surface area contributed by atoms with Crippen molar-refractivity contribution in [3.8, 4) is 11.3 Å². The van der Waals surface area contributed by atoms with Gasteiger partial charge in [0.2, 0.25) is 5.91 Å². The standard InChI is InChI=1S/C30H29N7O2/c1-2-25(38)36-14-5-8-23(18-36)29-35-26(27-28(31)32-13-15-37(27)29)19-9-11-20(12-10-19)30(39)34-24-16-21-6-3-4-7-22(21)17-33-24/h3-4,6-7,9-13,15-17,23H,2,5,8,14,18H2,1H3,(H2,31,32)(H,33,34,39). The molecule has 0 spiro atoms. The number of nitrogens with one attached hydrogen (secondary N) is 1. The third-order valence-corrected chi connectivity index (χ3v) is 7.35. The Balaban J connectivity index is 1.28. The third-order valence-electron chi connectivity index (χ3n) is 7.35. The molecule has 1 unspecified atom stereocenters. The highest BCUT2D eigenvalue weighted by molar-refractivity contribution is 6.04. The van der Waals surface area contributed by atoms with E-state index in [0.717, 1.165) is 47.1 Å². The zero-order valence-corrected chi connectivity index (χ0v) is 21.7. The molecule has 0 radical (unpaired) electrons. The van der Waals surface area contributed by atoms with Gasteiger partial charge in [-0.05, 0) is 36.4 Å². The number of piperidine rings is 1. The molecule has 3 N–H and O–H groups in total. The van der Waals surface area contributed by atoms with Crippen LogP contribution in [0.2, 0.25) is 0 Å². The number of carbonyl (C=O) groups is 2.